The molecule has 21 heavy (non-hydrogen) atoms. The van der Waals surface area contributed by atoms with Crippen molar-refractivity contribution in [3.8, 4) is 0 Å². The van der Waals surface area contributed by atoms with Crippen molar-refractivity contribution in [3.05, 3.63) is 24.8 Å². The van der Waals surface area contributed by atoms with E-state index in [0.717, 1.165) is 23.7 Å². The summed E-state index contributed by atoms with van der Waals surface area (Å²) in [5.74, 6) is 4.28. The zero-order valence-corrected chi connectivity index (χ0v) is 14.6. The molecule has 0 bridgehead atoms. The van der Waals surface area contributed by atoms with E-state index < -0.39 is 0 Å². The Morgan fingerprint density at radius 1 is 1.24 bits per heavy atom. The molecule has 0 heterocycles. The lowest BCUT2D eigenvalue weighted by Crippen LogP contribution is -2.45. The molecule has 0 heteroatoms. The van der Waals surface area contributed by atoms with Gasteiger partial charge in [-0.15, -0.1) is 6.58 Å². The summed E-state index contributed by atoms with van der Waals surface area (Å²) in [6.45, 7) is 18.1. The van der Waals surface area contributed by atoms with Gasteiger partial charge in [0.05, 0.1) is 0 Å². The Bertz CT molecular complexity index is 445. The van der Waals surface area contributed by atoms with Crippen LogP contribution in [0.3, 0.4) is 0 Å². The second kappa shape index (κ2) is 5.00. The molecule has 3 rings (SSSR count). The Hall–Kier alpha value is -0.520. The summed E-state index contributed by atoms with van der Waals surface area (Å²) >= 11 is 0. The van der Waals surface area contributed by atoms with Gasteiger partial charge in [-0.3, -0.25) is 0 Å². The third kappa shape index (κ3) is 2.34. The van der Waals surface area contributed by atoms with Crippen LogP contribution in [-0.2, 0) is 0 Å². The van der Waals surface area contributed by atoms with Crippen molar-refractivity contribution in [3.63, 3.8) is 0 Å². The van der Waals surface area contributed by atoms with Gasteiger partial charge in [0.25, 0.3) is 0 Å². The molecular weight excluding hydrogens is 252 g/mol. The quantitative estimate of drug-likeness (QED) is 0.486. The summed E-state index contributed by atoms with van der Waals surface area (Å²) in [7, 11) is 0. The predicted octanol–water partition coefficient (Wildman–Crippen LogP) is 6.24. The van der Waals surface area contributed by atoms with Gasteiger partial charge in [-0.1, -0.05) is 45.9 Å². The van der Waals surface area contributed by atoms with Crippen LogP contribution in [0.4, 0.5) is 0 Å². The average Bonchev–Trinajstić information content (AvgIpc) is 3.31. The minimum atomic E-state index is 0.598. The molecule has 0 radical (unpaired) electrons. The first-order valence-corrected chi connectivity index (χ1v) is 9.14. The number of hydrogen-bond donors (Lipinski definition) is 0. The van der Waals surface area contributed by atoms with Crippen molar-refractivity contribution in [2.75, 3.05) is 0 Å². The molecule has 3 aliphatic carbocycles. The van der Waals surface area contributed by atoms with Crippen LogP contribution in [-0.4, -0.2) is 0 Å². The minimum Gasteiger partial charge on any atom is -0.103 e. The number of rotatable bonds is 7. The summed E-state index contributed by atoms with van der Waals surface area (Å²) in [6.07, 6.45) is 10.6. The summed E-state index contributed by atoms with van der Waals surface area (Å²) in [5, 5.41) is 0. The van der Waals surface area contributed by atoms with E-state index in [9.17, 15) is 0 Å². The molecular formula is C21H34. The van der Waals surface area contributed by atoms with Gasteiger partial charge in [-0.2, -0.15) is 0 Å². The standard InChI is InChI=1S/C21H34/c1-7-15(4)10-17-12-18(17)11-16(5)19-13-21(19)9-8-20(21,6)14(2)3/h7,14-15,17-19H,1,5,8-13H2,2-4,6H3. The Morgan fingerprint density at radius 2 is 1.95 bits per heavy atom. The zero-order chi connectivity index (χ0) is 15.4. The van der Waals surface area contributed by atoms with E-state index in [2.05, 4.69) is 46.9 Å². The third-order valence-corrected chi connectivity index (χ3v) is 7.74. The van der Waals surface area contributed by atoms with Crippen molar-refractivity contribution >= 4 is 0 Å². The van der Waals surface area contributed by atoms with E-state index in [1.54, 1.807) is 5.57 Å². The summed E-state index contributed by atoms with van der Waals surface area (Å²) < 4.78 is 0. The Balaban J connectivity index is 1.50. The van der Waals surface area contributed by atoms with Gasteiger partial charge in [0.1, 0.15) is 0 Å². The maximum absolute atomic E-state index is 4.51. The topological polar surface area (TPSA) is 0 Å². The highest BCUT2D eigenvalue weighted by molar-refractivity contribution is 5.28. The van der Waals surface area contributed by atoms with Gasteiger partial charge in [-0.25, -0.2) is 0 Å². The number of allylic oxidation sites excluding steroid dienone is 2. The molecule has 3 fully saturated rings. The van der Waals surface area contributed by atoms with Crippen molar-refractivity contribution in [2.45, 2.75) is 66.2 Å². The molecule has 0 aromatic carbocycles. The van der Waals surface area contributed by atoms with E-state index in [1.807, 2.05) is 0 Å². The third-order valence-electron chi connectivity index (χ3n) is 7.74. The van der Waals surface area contributed by atoms with Crippen molar-refractivity contribution in [1.29, 1.82) is 0 Å². The van der Waals surface area contributed by atoms with Gasteiger partial charge in [0.15, 0.2) is 0 Å². The van der Waals surface area contributed by atoms with Crippen molar-refractivity contribution in [1.82, 2.24) is 0 Å². The molecule has 1 spiro atoms. The minimum absolute atomic E-state index is 0.598. The second-order valence-electron chi connectivity index (χ2n) is 9.05. The van der Waals surface area contributed by atoms with Crippen molar-refractivity contribution in [2.24, 2.45) is 40.4 Å². The summed E-state index contributed by atoms with van der Waals surface area (Å²) in [5.41, 5.74) is 2.86. The number of hydrogen-bond acceptors (Lipinski definition) is 0. The van der Waals surface area contributed by atoms with Gasteiger partial charge in [0.2, 0.25) is 0 Å². The first kappa shape index (κ1) is 15.4. The van der Waals surface area contributed by atoms with E-state index in [0.29, 0.717) is 16.7 Å². The van der Waals surface area contributed by atoms with E-state index in [4.69, 9.17) is 0 Å². The molecule has 0 nitrogen and oxygen atoms in total. The molecule has 0 aromatic rings. The highest BCUT2D eigenvalue weighted by atomic mass is 14.7. The molecule has 0 aliphatic heterocycles. The SMILES string of the molecule is C=CC(C)CC1CC1CC(=C)C1CC12CCC2(C)C(C)C. The summed E-state index contributed by atoms with van der Waals surface area (Å²) in [4.78, 5) is 0. The fourth-order valence-corrected chi connectivity index (χ4v) is 5.35. The first-order valence-electron chi connectivity index (χ1n) is 9.14. The van der Waals surface area contributed by atoms with Crippen LogP contribution in [0.2, 0.25) is 0 Å². The molecule has 3 saturated carbocycles. The van der Waals surface area contributed by atoms with Crippen LogP contribution in [0.25, 0.3) is 0 Å². The Kier molecular flexibility index (Phi) is 3.66. The maximum Gasteiger partial charge on any atom is -0.0138 e. The van der Waals surface area contributed by atoms with Crippen LogP contribution in [0, 0.1) is 40.4 Å². The molecule has 3 aliphatic rings. The fraction of sp³-hybridized carbons (Fsp3) is 0.810. The lowest BCUT2D eigenvalue weighted by molar-refractivity contribution is -0.0310. The summed E-state index contributed by atoms with van der Waals surface area (Å²) in [6, 6.07) is 0. The molecule has 0 aromatic heterocycles. The van der Waals surface area contributed by atoms with Gasteiger partial charge < -0.3 is 0 Å². The Labute approximate surface area is 132 Å². The van der Waals surface area contributed by atoms with Crippen LogP contribution < -0.4 is 0 Å². The average molecular weight is 287 g/mol. The van der Waals surface area contributed by atoms with E-state index in [-0.39, 0.29) is 0 Å². The maximum atomic E-state index is 4.51. The van der Waals surface area contributed by atoms with Gasteiger partial charge in [0, 0.05) is 0 Å². The molecule has 0 amide bonds. The van der Waals surface area contributed by atoms with E-state index in [1.165, 1.54) is 38.5 Å². The molecule has 6 unspecified atom stereocenters. The molecule has 118 valence electrons. The monoisotopic (exact) mass is 286 g/mol. The highest BCUT2D eigenvalue weighted by Crippen LogP contribution is 2.78. The van der Waals surface area contributed by atoms with Crippen LogP contribution in [0.15, 0.2) is 24.8 Å². The Morgan fingerprint density at radius 3 is 2.48 bits per heavy atom. The smallest absolute Gasteiger partial charge is 0.0138 e. The lowest BCUT2D eigenvalue weighted by Gasteiger charge is -2.53. The van der Waals surface area contributed by atoms with Crippen LogP contribution >= 0.6 is 0 Å². The van der Waals surface area contributed by atoms with Crippen LogP contribution in [0.1, 0.15) is 66.2 Å². The molecule has 0 N–H and O–H groups in total. The fourth-order valence-electron chi connectivity index (χ4n) is 5.35. The largest absolute Gasteiger partial charge is 0.103 e. The zero-order valence-electron chi connectivity index (χ0n) is 14.6. The normalized spacial score (nSPS) is 45.3. The van der Waals surface area contributed by atoms with Gasteiger partial charge in [-0.05, 0) is 78.9 Å². The lowest BCUT2D eigenvalue weighted by atomic mass is 9.52. The first-order chi connectivity index (χ1) is 9.84. The van der Waals surface area contributed by atoms with Crippen LogP contribution in [0.5, 0.6) is 0 Å². The van der Waals surface area contributed by atoms with E-state index >= 15 is 0 Å². The van der Waals surface area contributed by atoms with Gasteiger partial charge >= 0.3 is 0 Å². The second-order valence-corrected chi connectivity index (χ2v) is 9.05. The molecule has 0 saturated heterocycles. The predicted molar refractivity (Wildman–Crippen MR) is 92.1 cm³/mol. The molecule has 6 atom stereocenters. The highest BCUT2D eigenvalue weighted by Gasteiger charge is 2.70. The van der Waals surface area contributed by atoms with Crippen molar-refractivity contribution < 1.29 is 0 Å².